The third-order valence-corrected chi connectivity index (χ3v) is 1.80. The van der Waals surface area contributed by atoms with Gasteiger partial charge in [-0.2, -0.15) is 0 Å². The Kier molecular flexibility index (Phi) is 2.44. The standard InChI is InChI=1S/C10H9N.CH4/c1-8-2-3-9-4-5-11-7-10(9)6-8;/h2-7H,1H3;1H4. The zero-order valence-corrected chi connectivity index (χ0v) is 6.41. The number of aryl methyl sites for hydroxylation is 1. The lowest BCUT2D eigenvalue weighted by atomic mass is 10.1. The van der Waals surface area contributed by atoms with E-state index in [1.807, 2.05) is 18.5 Å². The fourth-order valence-electron chi connectivity index (χ4n) is 1.20. The van der Waals surface area contributed by atoms with Gasteiger partial charge in [-0.15, -0.1) is 0 Å². The highest BCUT2D eigenvalue weighted by Crippen LogP contribution is 2.12. The van der Waals surface area contributed by atoms with Crippen molar-refractivity contribution in [3.63, 3.8) is 0 Å². The van der Waals surface area contributed by atoms with E-state index in [1.54, 1.807) is 0 Å². The van der Waals surface area contributed by atoms with Crippen molar-refractivity contribution in [2.45, 2.75) is 14.4 Å². The third-order valence-electron chi connectivity index (χ3n) is 1.80. The molecule has 1 aromatic heterocycles. The van der Waals surface area contributed by atoms with Crippen LogP contribution in [0.25, 0.3) is 10.8 Å². The molecule has 0 unspecified atom stereocenters. The van der Waals surface area contributed by atoms with E-state index >= 15 is 0 Å². The minimum Gasteiger partial charge on any atom is -0.264 e. The van der Waals surface area contributed by atoms with Gasteiger partial charge in [-0.1, -0.05) is 25.1 Å². The Hall–Kier alpha value is -1.37. The molecule has 2 aromatic rings. The van der Waals surface area contributed by atoms with Gasteiger partial charge in [0, 0.05) is 17.8 Å². The molecule has 62 valence electrons. The van der Waals surface area contributed by atoms with Crippen molar-refractivity contribution in [3.8, 4) is 0 Å². The molecule has 2 rings (SSSR count). The van der Waals surface area contributed by atoms with Crippen molar-refractivity contribution < 1.29 is 0 Å². The highest BCUT2D eigenvalue weighted by Gasteiger charge is 1.90. The fraction of sp³-hybridized carbons (Fsp3) is 0.182. The minimum atomic E-state index is 0. The molecule has 1 aromatic carbocycles. The molecular formula is C11H13N. The Labute approximate surface area is 73.1 Å². The lowest BCUT2D eigenvalue weighted by molar-refractivity contribution is 1.36. The topological polar surface area (TPSA) is 12.9 Å². The average Bonchev–Trinajstić information content (AvgIpc) is 2.04. The summed E-state index contributed by atoms with van der Waals surface area (Å²) in [5.41, 5.74) is 1.28. The molecule has 1 heteroatoms. The first-order valence-corrected chi connectivity index (χ1v) is 3.67. The van der Waals surface area contributed by atoms with Gasteiger partial charge in [0.1, 0.15) is 0 Å². The van der Waals surface area contributed by atoms with E-state index in [2.05, 4.69) is 30.1 Å². The van der Waals surface area contributed by atoms with E-state index < -0.39 is 0 Å². The molecule has 0 bridgehead atoms. The van der Waals surface area contributed by atoms with Crippen molar-refractivity contribution in [1.29, 1.82) is 0 Å². The van der Waals surface area contributed by atoms with Crippen molar-refractivity contribution in [3.05, 3.63) is 42.2 Å². The minimum absolute atomic E-state index is 0. The van der Waals surface area contributed by atoms with Gasteiger partial charge in [0.2, 0.25) is 0 Å². The monoisotopic (exact) mass is 159 g/mol. The fourth-order valence-corrected chi connectivity index (χ4v) is 1.20. The lowest BCUT2D eigenvalue weighted by Crippen LogP contribution is -1.75. The van der Waals surface area contributed by atoms with Crippen molar-refractivity contribution in [2.75, 3.05) is 0 Å². The van der Waals surface area contributed by atoms with Crippen LogP contribution < -0.4 is 0 Å². The summed E-state index contributed by atoms with van der Waals surface area (Å²) in [6.07, 6.45) is 3.71. The van der Waals surface area contributed by atoms with Crippen molar-refractivity contribution in [2.24, 2.45) is 0 Å². The Morgan fingerprint density at radius 1 is 1.08 bits per heavy atom. The summed E-state index contributed by atoms with van der Waals surface area (Å²) < 4.78 is 0. The van der Waals surface area contributed by atoms with Crippen LogP contribution in [0.15, 0.2) is 36.7 Å². The molecular weight excluding hydrogens is 146 g/mol. The van der Waals surface area contributed by atoms with Crippen LogP contribution >= 0.6 is 0 Å². The summed E-state index contributed by atoms with van der Waals surface area (Å²) in [4.78, 5) is 4.05. The molecule has 0 radical (unpaired) electrons. The Morgan fingerprint density at radius 2 is 1.92 bits per heavy atom. The van der Waals surface area contributed by atoms with E-state index in [0.717, 1.165) is 0 Å². The number of aromatic nitrogens is 1. The maximum absolute atomic E-state index is 4.05. The summed E-state index contributed by atoms with van der Waals surface area (Å²) in [5.74, 6) is 0. The van der Waals surface area contributed by atoms with Crippen LogP contribution in [0.4, 0.5) is 0 Å². The number of hydrogen-bond donors (Lipinski definition) is 0. The third kappa shape index (κ3) is 1.45. The smallest absolute Gasteiger partial charge is 0.0346 e. The lowest BCUT2D eigenvalue weighted by Gasteiger charge is -1.96. The predicted octanol–water partition coefficient (Wildman–Crippen LogP) is 3.18. The van der Waals surface area contributed by atoms with Crippen LogP contribution in [0.5, 0.6) is 0 Å². The number of hydrogen-bond acceptors (Lipinski definition) is 1. The van der Waals surface area contributed by atoms with Gasteiger partial charge in [-0.3, -0.25) is 4.98 Å². The van der Waals surface area contributed by atoms with Crippen LogP contribution in [0.2, 0.25) is 0 Å². The van der Waals surface area contributed by atoms with Gasteiger partial charge in [0.05, 0.1) is 0 Å². The van der Waals surface area contributed by atoms with Crippen LogP contribution in [0.3, 0.4) is 0 Å². The zero-order valence-electron chi connectivity index (χ0n) is 6.41. The number of fused-ring (bicyclic) bond motifs is 1. The molecule has 0 N–H and O–H groups in total. The van der Waals surface area contributed by atoms with Gasteiger partial charge in [-0.05, 0) is 24.4 Å². The number of pyridine rings is 1. The van der Waals surface area contributed by atoms with Crippen molar-refractivity contribution >= 4 is 10.8 Å². The largest absolute Gasteiger partial charge is 0.264 e. The Balaban J connectivity index is 0.000000720. The molecule has 0 spiro atoms. The van der Waals surface area contributed by atoms with E-state index in [4.69, 9.17) is 0 Å². The van der Waals surface area contributed by atoms with E-state index in [9.17, 15) is 0 Å². The Bertz CT molecular complexity index is 379. The number of rotatable bonds is 0. The van der Waals surface area contributed by atoms with Crippen LogP contribution in [-0.2, 0) is 0 Å². The van der Waals surface area contributed by atoms with Crippen LogP contribution in [0.1, 0.15) is 13.0 Å². The maximum Gasteiger partial charge on any atom is 0.0346 e. The molecule has 1 nitrogen and oxygen atoms in total. The summed E-state index contributed by atoms with van der Waals surface area (Å²) in [6, 6.07) is 8.39. The first-order chi connectivity index (χ1) is 5.36. The Morgan fingerprint density at radius 3 is 2.75 bits per heavy atom. The molecule has 0 aliphatic rings. The van der Waals surface area contributed by atoms with E-state index in [1.165, 1.54) is 16.3 Å². The van der Waals surface area contributed by atoms with Gasteiger partial charge < -0.3 is 0 Å². The second kappa shape index (κ2) is 3.35. The number of benzene rings is 1. The normalized spacial score (nSPS) is 9.42. The molecule has 1 heterocycles. The summed E-state index contributed by atoms with van der Waals surface area (Å²) >= 11 is 0. The summed E-state index contributed by atoms with van der Waals surface area (Å²) in [6.45, 7) is 2.09. The molecule has 12 heavy (non-hydrogen) atoms. The second-order valence-electron chi connectivity index (χ2n) is 2.73. The molecule has 0 fully saturated rings. The molecule has 0 saturated carbocycles. The number of nitrogens with zero attached hydrogens (tertiary/aromatic N) is 1. The summed E-state index contributed by atoms with van der Waals surface area (Å²) in [7, 11) is 0. The van der Waals surface area contributed by atoms with E-state index in [-0.39, 0.29) is 7.43 Å². The molecule has 0 aliphatic heterocycles. The van der Waals surface area contributed by atoms with Crippen molar-refractivity contribution in [1.82, 2.24) is 4.98 Å². The average molecular weight is 159 g/mol. The van der Waals surface area contributed by atoms with E-state index in [0.29, 0.717) is 0 Å². The molecule has 0 aliphatic carbocycles. The van der Waals surface area contributed by atoms with Crippen LogP contribution in [-0.4, -0.2) is 4.98 Å². The van der Waals surface area contributed by atoms with Gasteiger partial charge >= 0.3 is 0 Å². The zero-order chi connectivity index (χ0) is 7.68. The van der Waals surface area contributed by atoms with Gasteiger partial charge in [0.15, 0.2) is 0 Å². The molecule has 0 saturated heterocycles. The van der Waals surface area contributed by atoms with Gasteiger partial charge in [-0.25, -0.2) is 0 Å². The highest BCUT2D eigenvalue weighted by atomic mass is 14.6. The first kappa shape index (κ1) is 8.72. The second-order valence-corrected chi connectivity index (χ2v) is 2.73. The highest BCUT2D eigenvalue weighted by molar-refractivity contribution is 5.81. The first-order valence-electron chi connectivity index (χ1n) is 3.67. The maximum atomic E-state index is 4.05. The SMILES string of the molecule is C.Cc1ccc2ccncc2c1. The van der Waals surface area contributed by atoms with Gasteiger partial charge in [0.25, 0.3) is 0 Å². The van der Waals surface area contributed by atoms with Crippen LogP contribution in [0, 0.1) is 6.92 Å². The predicted molar refractivity (Wildman–Crippen MR) is 53.2 cm³/mol. The quantitative estimate of drug-likeness (QED) is 0.575. The molecule has 0 amide bonds. The summed E-state index contributed by atoms with van der Waals surface area (Å²) in [5, 5.41) is 2.47. The molecule has 0 atom stereocenters.